The van der Waals surface area contributed by atoms with Crippen LogP contribution in [0.5, 0.6) is 0 Å². The van der Waals surface area contributed by atoms with Crippen LogP contribution in [0.25, 0.3) is 0 Å². The van der Waals surface area contributed by atoms with E-state index in [1.54, 1.807) is 12.4 Å². The van der Waals surface area contributed by atoms with Crippen molar-refractivity contribution in [3.63, 3.8) is 0 Å². The fraction of sp³-hybridized carbons (Fsp3) is 0.455. The van der Waals surface area contributed by atoms with Gasteiger partial charge in [0.1, 0.15) is 6.04 Å². The third-order valence-electron chi connectivity index (χ3n) is 3.22. The summed E-state index contributed by atoms with van der Waals surface area (Å²) in [5, 5.41) is 2.93. The van der Waals surface area contributed by atoms with Crippen molar-refractivity contribution >= 4 is 33.2 Å². The molecule has 0 saturated carbocycles. The molecule has 0 aromatic carbocycles. The quantitative estimate of drug-likeness (QED) is 0.793. The predicted molar refractivity (Wildman–Crippen MR) is 65.6 cm³/mol. The van der Waals surface area contributed by atoms with Crippen LogP contribution in [0.4, 0.5) is 11.4 Å². The molecule has 1 aromatic heterocycles. The third-order valence-corrected chi connectivity index (χ3v) is 3.80. The zero-order valence-corrected chi connectivity index (χ0v) is 10.3. The second-order valence-electron chi connectivity index (χ2n) is 4.21. The molecule has 5 heteroatoms. The summed E-state index contributed by atoms with van der Waals surface area (Å²) >= 11 is 3.51. The number of hydrogen-bond acceptors (Lipinski definition) is 3. The van der Waals surface area contributed by atoms with E-state index in [-0.39, 0.29) is 11.9 Å². The molecule has 0 bridgehead atoms. The van der Waals surface area contributed by atoms with E-state index < -0.39 is 0 Å². The van der Waals surface area contributed by atoms with Crippen LogP contribution < -0.4 is 10.2 Å². The Morgan fingerprint density at radius 2 is 2.31 bits per heavy atom. The van der Waals surface area contributed by atoms with E-state index in [0.29, 0.717) is 0 Å². The molecule has 1 fully saturated rings. The number of nitrogens with zero attached hydrogens (tertiary/aromatic N) is 2. The number of carbonyl (C=O) groups is 1. The van der Waals surface area contributed by atoms with Crippen LogP contribution >= 0.6 is 15.9 Å². The molecule has 1 saturated heterocycles. The van der Waals surface area contributed by atoms with Gasteiger partial charge in [-0.2, -0.15) is 0 Å². The SMILES string of the molecule is O=C1Nc2cncc(Br)c2N2CCCCC12. The highest BCUT2D eigenvalue weighted by Crippen LogP contribution is 2.40. The van der Waals surface area contributed by atoms with Crippen LogP contribution in [-0.2, 0) is 4.79 Å². The molecule has 1 amide bonds. The van der Waals surface area contributed by atoms with Crippen molar-refractivity contribution in [2.24, 2.45) is 0 Å². The molecule has 1 unspecified atom stereocenters. The molecule has 1 atom stereocenters. The number of hydrogen-bond donors (Lipinski definition) is 1. The molecular weight excluding hydrogens is 270 g/mol. The summed E-state index contributed by atoms with van der Waals surface area (Å²) in [6.45, 7) is 0.952. The van der Waals surface area contributed by atoms with Gasteiger partial charge in [-0.1, -0.05) is 0 Å². The van der Waals surface area contributed by atoms with Crippen LogP contribution in [0.1, 0.15) is 19.3 Å². The number of anilines is 2. The average molecular weight is 282 g/mol. The summed E-state index contributed by atoms with van der Waals surface area (Å²) in [6, 6.07) is -0.0000463. The lowest BCUT2D eigenvalue weighted by molar-refractivity contribution is -0.118. The summed E-state index contributed by atoms with van der Waals surface area (Å²) in [5.41, 5.74) is 1.90. The molecular formula is C11H12BrN3O. The Hall–Kier alpha value is -1.10. The van der Waals surface area contributed by atoms with Gasteiger partial charge >= 0.3 is 0 Å². The van der Waals surface area contributed by atoms with Crippen LogP contribution in [0.15, 0.2) is 16.9 Å². The van der Waals surface area contributed by atoms with Crippen LogP contribution in [-0.4, -0.2) is 23.5 Å². The van der Waals surface area contributed by atoms with Crippen molar-refractivity contribution < 1.29 is 4.79 Å². The van der Waals surface area contributed by atoms with Crippen molar-refractivity contribution in [1.29, 1.82) is 0 Å². The first kappa shape index (κ1) is 10.1. The standard InChI is InChI=1S/C11H12BrN3O/c12-7-5-13-6-8-10(7)15-4-2-1-3-9(15)11(16)14-8/h5-6,9H,1-4H2,(H,14,16). The lowest BCUT2D eigenvalue weighted by Crippen LogP contribution is -2.50. The average Bonchev–Trinajstić information content (AvgIpc) is 2.29. The van der Waals surface area contributed by atoms with Crippen LogP contribution in [0.3, 0.4) is 0 Å². The molecule has 16 heavy (non-hydrogen) atoms. The molecule has 0 radical (unpaired) electrons. The molecule has 0 aliphatic carbocycles. The van der Waals surface area contributed by atoms with Crippen molar-refractivity contribution in [2.75, 3.05) is 16.8 Å². The molecule has 0 spiro atoms. The second kappa shape index (κ2) is 3.73. The normalized spacial score (nSPS) is 23.4. The Bertz CT molecular complexity index is 449. The van der Waals surface area contributed by atoms with Gasteiger partial charge in [-0.25, -0.2) is 0 Å². The number of amides is 1. The topological polar surface area (TPSA) is 45.2 Å². The molecule has 4 nitrogen and oxygen atoms in total. The summed E-state index contributed by atoms with van der Waals surface area (Å²) in [7, 11) is 0. The zero-order valence-electron chi connectivity index (χ0n) is 8.74. The molecule has 3 heterocycles. The minimum atomic E-state index is -0.0000463. The summed E-state index contributed by atoms with van der Waals surface area (Å²) < 4.78 is 0.955. The van der Waals surface area contributed by atoms with Gasteiger partial charge < -0.3 is 10.2 Å². The first-order chi connectivity index (χ1) is 7.77. The van der Waals surface area contributed by atoms with Gasteiger partial charge in [0.25, 0.3) is 0 Å². The van der Waals surface area contributed by atoms with E-state index in [1.165, 1.54) is 0 Å². The van der Waals surface area contributed by atoms with Gasteiger partial charge in [0.2, 0.25) is 5.91 Å². The molecule has 84 valence electrons. The highest BCUT2D eigenvalue weighted by Gasteiger charge is 2.35. The Labute approximate surface area is 102 Å². The van der Waals surface area contributed by atoms with Gasteiger partial charge in [-0.05, 0) is 35.2 Å². The largest absolute Gasteiger partial charge is 0.357 e. The van der Waals surface area contributed by atoms with Crippen molar-refractivity contribution in [3.8, 4) is 0 Å². The fourth-order valence-corrected chi connectivity index (χ4v) is 3.06. The number of carbonyl (C=O) groups excluding carboxylic acids is 1. The van der Waals surface area contributed by atoms with Gasteiger partial charge in [0, 0.05) is 12.7 Å². The van der Waals surface area contributed by atoms with Crippen molar-refractivity contribution in [3.05, 3.63) is 16.9 Å². The van der Waals surface area contributed by atoms with Gasteiger partial charge in [-0.15, -0.1) is 0 Å². The Morgan fingerprint density at radius 1 is 1.44 bits per heavy atom. The van der Waals surface area contributed by atoms with E-state index in [9.17, 15) is 4.79 Å². The van der Waals surface area contributed by atoms with Gasteiger partial charge in [-0.3, -0.25) is 9.78 Å². The summed E-state index contributed by atoms with van der Waals surface area (Å²) in [6.07, 6.45) is 6.72. The first-order valence-electron chi connectivity index (χ1n) is 5.48. The number of pyridine rings is 1. The van der Waals surface area contributed by atoms with Crippen LogP contribution in [0.2, 0.25) is 0 Å². The maximum atomic E-state index is 11.9. The van der Waals surface area contributed by atoms with Gasteiger partial charge in [0.05, 0.1) is 22.0 Å². The van der Waals surface area contributed by atoms with E-state index in [1.807, 2.05) is 0 Å². The number of halogens is 1. The lowest BCUT2D eigenvalue weighted by Gasteiger charge is -2.41. The maximum Gasteiger partial charge on any atom is 0.247 e. The molecule has 2 aliphatic rings. The number of nitrogens with one attached hydrogen (secondary N) is 1. The van der Waals surface area contributed by atoms with Gasteiger partial charge in [0.15, 0.2) is 0 Å². The zero-order chi connectivity index (χ0) is 11.1. The van der Waals surface area contributed by atoms with E-state index in [0.717, 1.165) is 41.7 Å². The third kappa shape index (κ3) is 1.42. The monoisotopic (exact) mass is 281 g/mol. The number of fused-ring (bicyclic) bond motifs is 3. The highest BCUT2D eigenvalue weighted by atomic mass is 79.9. The van der Waals surface area contributed by atoms with E-state index >= 15 is 0 Å². The first-order valence-corrected chi connectivity index (χ1v) is 6.27. The Balaban J connectivity index is 2.11. The number of piperidine rings is 1. The molecule has 3 rings (SSSR count). The molecule has 1 aromatic rings. The smallest absolute Gasteiger partial charge is 0.247 e. The van der Waals surface area contributed by atoms with Crippen molar-refractivity contribution in [1.82, 2.24) is 4.98 Å². The summed E-state index contributed by atoms with van der Waals surface area (Å²) in [5.74, 6) is 0.104. The van der Waals surface area contributed by atoms with E-state index in [2.05, 4.69) is 31.1 Å². The number of rotatable bonds is 0. The van der Waals surface area contributed by atoms with Crippen molar-refractivity contribution in [2.45, 2.75) is 25.3 Å². The lowest BCUT2D eigenvalue weighted by atomic mass is 9.98. The summed E-state index contributed by atoms with van der Waals surface area (Å²) in [4.78, 5) is 18.2. The molecule has 2 aliphatic heterocycles. The fourth-order valence-electron chi connectivity index (χ4n) is 2.50. The predicted octanol–water partition coefficient (Wildman–Crippen LogP) is 2.16. The Morgan fingerprint density at radius 3 is 3.19 bits per heavy atom. The second-order valence-corrected chi connectivity index (χ2v) is 5.07. The minimum Gasteiger partial charge on any atom is -0.357 e. The maximum absolute atomic E-state index is 11.9. The van der Waals surface area contributed by atoms with E-state index in [4.69, 9.17) is 0 Å². The van der Waals surface area contributed by atoms with Crippen LogP contribution in [0, 0.1) is 0 Å². The highest BCUT2D eigenvalue weighted by molar-refractivity contribution is 9.10. The number of aromatic nitrogens is 1. The molecule has 1 N–H and O–H groups in total. The Kier molecular flexibility index (Phi) is 2.35. The minimum absolute atomic E-state index is 0.0000463.